The third-order valence-corrected chi connectivity index (χ3v) is 3.37. The van der Waals surface area contributed by atoms with Gasteiger partial charge in [-0.05, 0) is 25.1 Å². The summed E-state index contributed by atoms with van der Waals surface area (Å²) in [7, 11) is 0. The van der Waals surface area contributed by atoms with Crippen LogP contribution in [0.25, 0.3) is 0 Å². The van der Waals surface area contributed by atoms with Gasteiger partial charge in [0.1, 0.15) is 11.6 Å². The lowest BCUT2D eigenvalue weighted by molar-refractivity contribution is -0.386. The van der Waals surface area contributed by atoms with E-state index < -0.39 is 10.7 Å². The van der Waals surface area contributed by atoms with Gasteiger partial charge in [-0.2, -0.15) is 0 Å². The highest BCUT2D eigenvalue weighted by atomic mass is 79.9. The third-order valence-electron chi connectivity index (χ3n) is 2.81. The fourth-order valence-electron chi connectivity index (χ4n) is 1.83. The molecule has 0 aliphatic rings. The molecule has 2 aromatic carbocycles. The molecule has 0 aliphatic heterocycles. The van der Waals surface area contributed by atoms with Crippen molar-refractivity contribution in [2.45, 2.75) is 12.3 Å². The van der Waals surface area contributed by atoms with Gasteiger partial charge in [-0.1, -0.05) is 34.1 Å². The number of halogens is 2. The lowest BCUT2D eigenvalue weighted by Gasteiger charge is -2.11. The zero-order valence-corrected chi connectivity index (χ0v) is 12.2. The van der Waals surface area contributed by atoms with E-state index in [-0.39, 0.29) is 22.5 Å². The first kappa shape index (κ1) is 14.5. The highest BCUT2D eigenvalue weighted by molar-refractivity contribution is 9.08. The molecule has 0 amide bonds. The van der Waals surface area contributed by atoms with Gasteiger partial charge in [0.15, 0.2) is 0 Å². The smallest absolute Gasteiger partial charge is 0.314 e. The number of hydrogen-bond donors (Lipinski definition) is 0. The minimum atomic E-state index is -0.502. The standard InChI is InChI=1S/C14H11BrFNO3/c1-9-4-2-7-13(14(9)17(18)19)20-12-6-3-5-11(16)10(12)8-15/h2-7H,8H2,1H3. The zero-order chi connectivity index (χ0) is 14.7. The molecule has 2 aromatic rings. The lowest BCUT2D eigenvalue weighted by Crippen LogP contribution is -1.98. The van der Waals surface area contributed by atoms with E-state index in [2.05, 4.69) is 15.9 Å². The molecule has 20 heavy (non-hydrogen) atoms. The number of aryl methyl sites for hydroxylation is 1. The summed E-state index contributed by atoms with van der Waals surface area (Å²) in [6.07, 6.45) is 0. The second-order valence-electron chi connectivity index (χ2n) is 4.13. The van der Waals surface area contributed by atoms with Gasteiger partial charge in [-0.3, -0.25) is 10.1 Å². The Bertz CT molecular complexity index is 661. The Morgan fingerprint density at radius 2 is 1.90 bits per heavy atom. The number of ether oxygens (including phenoxy) is 1. The van der Waals surface area contributed by atoms with Crippen LogP contribution in [0.2, 0.25) is 0 Å². The summed E-state index contributed by atoms with van der Waals surface area (Å²) in [6.45, 7) is 1.63. The molecule has 0 spiro atoms. The average Bonchev–Trinajstić information content (AvgIpc) is 2.38. The van der Waals surface area contributed by atoms with Crippen LogP contribution >= 0.6 is 15.9 Å². The van der Waals surface area contributed by atoms with Crippen molar-refractivity contribution in [3.05, 3.63) is 63.5 Å². The van der Waals surface area contributed by atoms with E-state index in [0.717, 1.165) is 0 Å². The van der Waals surface area contributed by atoms with Crippen LogP contribution in [-0.2, 0) is 5.33 Å². The van der Waals surface area contributed by atoms with E-state index in [9.17, 15) is 14.5 Å². The maximum Gasteiger partial charge on any atom is 0.314 e. The molecule has 0 heterocycles. The van der Waals surface area contributed by atoms with Gasteiger partial charge in [-0.15, -0.1) is 0 Å². The van der Waals surface area contributed by atoms with Crippen LogP contribution < -0.4 is 4.74 Å². The molecule has 4 nitrogen and oxygen atoms in total. The fraction of sp³-hybridized carbons (Fsp3) is 0.143. The van der Waals surface area contributed by atoms with Crippen LogP contribution in [0.1, 0.15) is 11.1 Å². The van der Waals surface area contributed by atoms with Gasteiger partial charge in [0.25, 0.3) is 0 Å². The number of hydrogen-bond acceptors (Lipinski definition) is 3. The topological polar surface area (TPSA) is 52.4 Å². The van der Waals surface area contributed by atoms with Gasteiger partial charge in [0.2, 0.25) is 5.75 Å². The van der Waals surface area contributed by atoms with E-state index in [4.69, 9.17) is 4.74 Å². The molecule has 0 saturated carbocycles. The van der Waals surface area contributed by atoms with Gasteiger partial charge in [0, 0.05) is 16.5 Å². The van der Waals surface area contributed by atoms with Gasteiger partial charge in [-0.25, -0.2) is 4.39 Å². The number of nitrogens with zero attached hydrogens (tertiary/aromatic N) is 1. The minimum absolute atomic E-state index is 0.0998. The van der Waals surface area contributed by atoms with Gasteiger partial charge >= 0.3 is 5.69 Å². The molecule has 0 atom stereocenters. The first-order valence-electron chi connectivity index (χ1n) is 5.79. The van der Waals surface area contributed by atoms with Crippen LogP contribution in [0.5, 0.6) is 11.5 Å². The molecular weight excluding hydrogens is 329 g/mol. The fourth-order valence-corrected chi connectivity index (χ4v) is 2.38. The average molecular weight is 340 g/mol. The zero-order valence-electron chi connectivity index (χ0n) is 10.6. The largest absolute Gasteiger partial charge is 0.450 e. The van der Waals surface area contributed by atoms with Crippen LogP contribution in [0.4, 0.5) is 10.1 Å². The van der Waals surface area contributed by atoms with E-state index in [1.807, 2.05) is 0 Å². The number of para-hydroxylation sites is 1. The Labute approximate surface area is 123 Å². The van der Waals surface area contributed by atoms with Crippen molar-refractivity contribution in [2.24, 2.45) is 0 Å². The molecule has 0 bridgehead atoms. The number of rotatable bonds is 4. The van der Waals surface area contributed by atoms with Crippen molar-refractivity contribution < 1.29 is 14.1 Å². The third kappa shape index (κ3) is 2.80. The van der Waals surface area contributed by atoms with E-state index in [1.165, 1.54) is 18.2 Å². The first-order valence-corrected chi connectivity index (χ1v) is 6.92. The summed E-state index contributed by atoms with van der Waals surface area (Å²) >= 11 is 3.18. The Hall–Kier alpha value is -1.95. The number of benzene rings is 2. The molecule has 0 fully saturated rings. The van der Waals surface area contributed by atoms with Crippen LogP contribution in [0.15, 0.2) is 36.4 Å². The monoisotopic (exact) mass is 339 g/mol. The van der Waals surface area contributed by atoms with E-state index in [0.29, 0.717) is 11.1 Å². The van der Waals surface area contributed by atoms with Crippen molar-refractivity contribution in [1.29, 1.82) is 0 Å². The Morgan fingerprint density at radius 3 is 2.55 bits per heavy atom. The number of alkyl halides is 1. The van der Waals surface area contributed by atoms with Crippen molar-refractivity contribution in [3.63, 3.8) is 0 Å². The summed E-state index contributed by atoms with van der Waals surface area (Å²) in [5.74, 6) is -0.0620. The molecule has 6 heteroatoms. The summed E-state index contributed by atoms with van der Waals surface area (Å²) in [6, 6.07) is 9.17. The molecule has 0 radical (unpaired) electrons. The van der Waals surface area contributed by atoms with Crippen LogP contribution in [0.3, 0.4) is 0 Å². The Balaban J connectivity index is 2.48. The van der Waals surface area contributed by atoms with Crippen molar-refractivity contribution in [1.82, 2.24) is 0 Å². The SMILES string of the molecule is Cc1cccc(Oc2cccc(F)c2CBr)c1[N+](=O)[O-]. The maximum absolute atomic E-state index is 13.6. The summed E-state index contributed by atoms with van der Waals surface area (Å²) in [5, 5.41) is 11.4. The molecular formula is C14H11BrFNO3. The number of nitro benzene ring substituents is 1. The molecule has 0 aliphatic carbocycles. The molecule has 0 saturated heterocycles. The van der Waals surface area contributed by atoms with Crippen molar-refractivity contribution in [3.8, 4) is 11.5 Å². The molecule has 0 aromatic heterocycles. The summed E-state index contributed by atoms with van der Waals surface area (Å²) in [5.41, 5.74) is 0.699. The maximum atomic E-state index is 13.6. The predicted molar refractivity (Wildman–Crippen MR) is 76.9 cm³/mol. The van der Waals surface area contributed by atoms with Crippen LogP contribution in [0, 0.1) is 22.9 Å². The minimum Gasteiger partial charge on any atom is -0.450 e. The Kier molecular flexibility index (Phi) is 4.34. The van der Waals surface area contributed by atoms with Gasteiger partial charge < -0.3 is 4.74 Å². The summed E-state index contributed by atoms with van der Waals surface area (Å²) < 4.78 is 19.2. The normalized spacial score (nSPS) is 10.3. The Morgan fingerprint density at radius 1 is 1.25 bits per heavy atom. The number of nitro groups is 1. The molecule has 0 N–H and O–H groups in total. The highest BCUT2D eigenvalue weighted by Gasteiger charge is 2.20. The molecule has 104 valence electrons. The van der Waals surface area contributed by atoms with E-state index in [1.54, 1.807) is 25.1 Å². The summed E-state index contributed by atoms with van der Waals surface area (Å²) in [4.78, 5) is 10.6. The lowest BCUT2D eigenvalue weighted by atomic mass is 10.2. The first-order chi connectivity index (χ1) is 9.54. The highest BCUT2D eigenvalue weighted by Crippen LogP contribution is 2.36. The second kappa shape index (κ2) is 6.00. The second-order valence-corrected chi connectivity index (χ2v) is 4.69. The van der Waals surface area contributed by atoms with Crippen molar-refractivity contribution in [2.75, 3.05) is 0 Å². The van der Waals surface area contributed by atoms with E-state index >= 15 is 0 Å². The van der Waals surface area contributed by atoms with Gasteiger partial charge in [0.05, 0.1) is 4.92 Å². The molecule has 2 rings (SSSR count). The van der Waals surface area contributed by atoms with Crippen molar-refractivity contribution >= 4 is 21.6 Å². The molecule has 0 unspecified atom stereocenters. The quantitative estimate of drug-likeness (QED) is 0.459. The predicted octanol–water partition coefficient (Wildman–Crippen LogP) is 4.73. The van der Waals surface area contributed by atoms with Crippen LogP contribution in [-0.4, -0.2) is 4.92 Å².